The van der Waals surface area contributed by atoms with Crippen molar-refractivity contribution >= 4 is 33.3 Å². The van der Waals surface area contributed by atoms with Crippen LogP contribution in [0.1, 0.15) is 24.2 Å². The lowest BCUT2D eigenvalue weighted by atomic mass is 9.93. The predicted molar refractivity (Wildman–Crippen MR) is 103 cm³/mol. The fourth-order valence-corrected chi connectivity index (χ4v) is 4.74. The number of aliphatic hydroxyl groups excluding tert-OH is 3. The highest BCUT2D eigenvalue weighted by Gasteiger charge is 2.24. The lowest BCUT2D eigenvalue weighted by Crippen LogP contribution is -2.26. The zero-order valence-electron chi connectivity index (χ0n) is 13.9. The van der Waals surface area contributed by atoms with E-state index in [9.17, 15) is 10.2 Å². The first-order valence-corrected chi connectivity index (χ1v) is 9.93. The molecule has 3 aromatic rings. The third kappa shape index (κ3) is 4.40. The molecule has 0 unspecified atom stereocenters. The van der Waals surface area contributed by atoms with E-state index in [2.05, 4.69) is 4.98 Å². The van der Waals surface area contributed by atoms with Crippen molar-refractivity contribution in [3.63, 3.8) is 0 Å². The summed E-state index contributed by atoms with van der Waals surface area (Å²) in [6.45, 7) is 1.82. The van der Waals surface area contributed by atoms with Gasteiger partial charge in [0.15, 0.2) is 4.34 Å². The second-order valence-corrected chi connectivity index (χ2v) is 8.33. The molecule has 3 atom stereocenters. The summed E-state index contributed by atoms with van der Waals surface area (Å²) in [5.74, 6) is 0.175. The summed E-state index contributed by atoms with van der Waals surface area (Å²) in [7, 11) is 0. The van der Waals surface area contributed by atoms with Crippen LogP contribution in [0.4, 0.5) is 0 Å². The van der Waals surface area contributed by atoms with Gasteiger partial charge in [0.05, 0.1) is 29.0 Å². The highest BCUT2D eigenvalue weighted by molar-refractivity contribution is 8.01. The van der Waals surface area contributed by atoms with Gasteiger partial charge in [-0.25, -0.2) is 4.98 Å². The van der Waals surface area contributed by atoms with Crippen molar-refractivity contribution in [2.24, 2.45) is 5.92 Å². The van der Waals surface area contributed by atoms with E-state index < -0.39 is 12.2 Å². The number of aliphatic hydroxyl groups is 3. The summed E-state index contributed by atoms with van der Waals surface area (Å²) < 4.78 is 2.06. The van der Waals surface area contributed by atoms with E-state index in [1.807, 2.05) is 31.2 Å². The number of nitrogens with zero attached hydrogens (tertiary/aromatic N) is 1. The Morgan fingerprint density at radius 2 is 1.80 bits per heavy atom. The molecule has 1 heterocycles. The summed E-state index contributed by atoms with van der Waals surface area (Å²) in [5, 5.41) is 30.0. The molecule has 0 radical (unpaired) electrons. The topological polar surface area (TPSA) is 73.6 Å². The molecule has 0 amide bonds. The van der Waals surface area contributed by atoms with E-state index in [4.69, 9.17) is 5.11 Å². The number of para-hydroxylation sites is 1. The molecule has 0 saturated carbocycles. The molecule has 3 rings (SSSR count). The maximum Gasteiger partial charge on any atom is 0.151 e. The van der Waals surface area contributed by atoms with Crippen LogP contribution in [0.5, 0.6) is 0 Å². The van der Waals surface area contributed by atoms with Gasteiger partial charge in [-0.15, -0.1) is 11.3 Å². The Balaban J connectivity index is 1.60. The minimum Gasteiger partial charge on any atom is -0.392 e. The SMILES string of the molecule is C[C@@H]([C@H](O)c1ccc(CO)cc1)[C@@H](O)CSc1nc2ccccc2s1. The number of rotatable bonds is 7. The molecular formula is C19H21NO3S2. The first-order valence-electron chi connectivity index (χ1n) is 8.12. The zero-order valence-corrected chi connectivity index (χ0v) is 15.5. The van der Waals surface area contributed by atoms with Gasteiger partial charge in [0, 0.05) is 11.7 Å². The first kappa shape index (κ1) is 18.4. The average molecular weight is 376 g/mol. The van der Waals surface area contributed by atoms with E-state index in [0.717, 1.165) is 25.7 Å². The van der Waals surface area contributed by atoms with Crippen molar-refractivity contribution in [2.45, 2.75) is 30.1 Å². The van der Waals surface area contributed by atoms with Gasteiger partial charge >= 0.3 is 0 Å². The molecule has 132 valence electrons. The molecule has 0 aliphatic rings. The fourth-order valence-electron chi connectivity index (χ4n) is 2.56. The second-order valence-electron chi connectivity index (χ2n) is 6.03. The number of aromatic nitrogens is 1. The maximum absolute atomic E-state index is 10.5. The third-order valence-electron chi connectivity index (χ3n) is 4.26. The second kappa shape index (κ2) is 8.29. The van der Waals surface area contributed by atoms with Gasteiger partial charge in [-0.3, -0.25) is 0 Å². The van der Waals surface area contributed by atoms with Crippen LogP contribution in [0.25, 0.3) is 10.2 Å². The maximum atomic E-state index is 10.5. The number of fused-ring (bicyclic) bond motifs is 1. The largest absolute Gasteiger partial charge is 0.392 e. The van der Waals surface area contributed by atoms with Gasteiger partial charge in [-0.2, -0.15) is 0 Å². The molecule has 0 saturated heterocycles. The molecule has 3 N–H and O–H groups in total. The molecule has 0 spiro atoms. The van der Waals surface area contributed by atoms with Crippen molar-refractivity contribution in [1.82, 2.24) is 4.98 Å². The van der Waals surface area contributed by atoms with Crippen LogP contribution in [-0.2, 0) is 6.61 Å². The summed E-state index contributed by atoms with van der Waals surface area (Å²) in [5.41, 5.74) is 2.52. The van der Waals surface area contributed by atoms with Gasteiger partial charge in [0.2, 0.25) is 0 Å². The van der Waals surface area contributed by atoms with Crippen molar-refractivity contribution in [1.29, 1.82) is 0 Å². The Kier molecular flexibility index (Phi) is 6.09. The van der Waals surface area contributed by atoms with E-state index in [-0.39, 0.29) is 12.5 Å². The Hall–Kier alpha value is -1.44. The summed E-state index contributed by atoms with van der Waals surface area (Å²) in [6, 6.07) is 15.1. The average Bonchev–Trinajstić information content (AvgIpc) is 3.08. The predicted octanol–water partition coefficient (Wildman–Crippen LogP) is 3.61. The van der Waals surface area contributed by atoms with Gasteiger partial charge in [-0.05, 0) is 23.3 Å². The standard InChI is InChI=1S/C19H21NO3S2/c1-12(18(23)14-8-6-13(10-21)7-9-14)16(22)11-24-19-20-15-4-2-3-5-17(15)25-19/h2-9,12,16,18,21-23H,10-11H2,1H3/t12-,16+,18+/m1/s1. The van der Waals surface area contributed by atoms with Crippen LogP contribution in [0.2, 0.25) is 0 Å². The summed E-state index contributed by atoms with van der Waals surface area (Å²) >= 11 is 3.13. The number of thioether (sulfide) groups is 1. The molecule has 1 aromatic heterocycles. The quantitative estimate of drug-likeness (QED) is 0.550. The van der Waals surface area contributed by atoms with Gasteiger partial charge in [-0.1, -0.05) is 55.1 Å². The fraction of sp³-hybridized carbons (Fsp3) is 0.316. The lowest BCUT2D eigenvalue weighted by Gasteiger charge is -2.24. The summed E-state index contributed by atoms with van der Waals surface area (Å²) in [4.78, 5) is 4.55. The number of hydrogen-bond donors (Lipinski definition) is 3. The molecule has 6 heteroatoms. The highest BCUT2D eigenvalue weighted by Crippen LogP contribution is 2.32. The van der Waals surface area contributed by atoms with Crippen LogP contribution in [0.3, 0.4) is 0 Å². The monoisotopic (exact) mass is 375 g/mol. The molecule has 0 aliphatic heterocycles. The van der Waals surface area contributed by atoms with E-state index >= 15 is 0 Å². The molecule has 25 heavy (non-hydrogen) atoms. The van der Waals surface area contributed by atoms with Crippen molar-refractivity contribution in [2.75, 3.05) is 5.75 Å². The number of benzene rings is 2. The van der Waals surface area contributed by atoms with Gasteiger partial charge in [0.1, 0.15) is 0 Å². The molecule has 0 aliphatic carbocycles. The first-order chi connectivity index (χ1) is 12.1. The van der Waals surface area contributed by atoms with Crippen LogP contribution in [-0.4, -0.2) is 32.2 Å². The molecule has 0 fully saturated rings. The van der Waals surface area contributed by atoms with Crippen molar-refractivity contribution in [3.05, 3.63) is 59.7 Å². The number of hydrogen-bond acceptors (Lipinski definition) is 6. The Morgan fingerprint density at radius 1 is 1.08 bits per heavy atom. The Morgan fingerprint density at radius 3 is 2.48 bits per heavy atom. The Bertz CT molecular complexity index is 786. The molecular weight excluding hydrogens is 354 g/mol. The molecule has 4 nitrogen and oxygen atoms in total. The van der Waals surface area contributed by atoms with Crippen LogP contribution in [0, 0.1) is 5.92 Å². The zero-order chi connectivity index (χ0) is 17.8. The van der Waals surface area contributed by atoms with Crippen LogP contribution >= 0.6 is 23.1 Å². The van der Waals surface area contributed by atoms with E-state index in [1.54, 1.807) is 35.6 Å². The summed E-state index contributed by atoms with van der Waals surface area (Å²) in [6.07, 6.45) is -1.40. The third-order valence-corrected chi connectivity index (χ3v) is 6.54. The van der Waals surface area contributed by atoms with E-state index in [0.29, 0.717) is 5.75 Å². The van der Waals surface area contributed by atoms with Crippen LogP contribution in [0.15, 0.2) is 52.9 Å². The van der Waals surface area contributed by atoms with E-state index in [1.165, 1.54) is 11.8 Å². The Labute approximate surface area is 155 Å². The highest BCUT2D eigenvalue weighted by atomic mass is 32.2. The molecule has 0 bridgehead atoms. The molecule has 2 aromatic carbocycles. The van der Waals surface area contributed by atoms with Gasteiger partial charge < -0.3 is 15.3 Å². The minimum atomic E-state index is -0.751. The van der Waals surface area contributed by atoms with Crippen LogP contribution < -0.4 is 0 Å². The van der Waals surface area contributed by atoms with Crippen molar-refractivity contribution < 1.29 is 15.3 Å². The minimum absolute atomic E-state index is 0.0205. The normalized spacial score (nSPS) is 15.2. The van der Waals surface area contributed by atoms with Gasteiger partial charge in [0.25, 0.3) is 0 Å². The van der Waals surface area contributed by atoms with Crippen molar-refractivity contribution in [3.8, 4) is 0 Å². The lowest BCUT2D eigenvalue weighted by molar-refractivity contribution is 0.0330. The number of thiazole rings is 1. The smallest absolute Gasteiger partial charge is 0.151 e.